The van der Waals surface area contributed by atoms with Crippen LogP contribution in [-0.2, 0) is 24.8 Å². The van der Waals surface area contributed by atoms with E-state index in [0.29, 0.717) is 11.5 Å². The summed E-state index contributed by atoms with van der Waals surface area (Å²) in [6, 6.07) is 16.7. The SMILES string of the molecule is CCc1c(CN2CCOC(c3c(C(N)=O)sc4ccccc34)C2)c2ccccc2n1C. The number of carbonyl (C=O) groups is 1. The number of para-hydroxylation sites is 1. The number of aryl methyl sites for hydroxylation is 1. The molecule has 0 bridgehead atoms. The zero-order valence-electron chi connectivity index (χ0n) is 17.9. The van der Waals surface area contributed by atoms with Gasteiger partial charge < -0.3 is 15.0 Å². The van der Waals surface area contributed by atoms with Crippen LogP contribution in [0.4, 0.5) is 0 Å². The molecule has 5 rings (SSSR count). The molecule has 1 saturated heterocycles. The number of hydrogen-bond acceptors (Lipinski definition) is 4. The second-order valence-electron chi connectivity index (χ2n) is 8.15. The summed E-state index contributed by atoms with van der Waals surface area (Å²) in [6.45, 7) is 5.35. The maximum atomic E-state index is 12.2. The highest BCUT2D eigenvalue weighted by atomic mass is 32.1. The van der Waals surface area contributed by atoms with E-state index >= 15 is 0 Å². The van der Waals surface area contributed by atoms with Crippen molar-refractivity contribution in [3.8, 4) is 0 Å². The first-order valence-corrected chi connectivity index (χ1v) is 11.6. The maximum Gasteiger partial charge on any atom is 0.259 e. The van der Waals surface area contributed by atoms with Gasteiger partial charge in [0, 0.05) is 53.5 Å². The zero-order valence-corrected chi connectivity index (χ0v) is 18.7. The van der Waals surface area contributed by atoms with Crippen LogP contribution < -0.4 is 5.73 Å². The molecule has 2 aromatic heterocycles. The summed E-state index contributed by atoms with van der Waals surface area (Å²) in [5, 5.41) is 2.40. The van der Waals surface area contributed by atoms with Crippen molar-refractivity contribution in [1.29, 1.82) is 0 Å². The van der Waals surface area contributed by atoms with Crippen LogP contribution in [0, 0.1) is 0 Å². The molecule has 4 aromatic rings. The Morgan fingerprint density at radius 3 is 2.68 bits per heavy atom. The number of fused-ring (bicyclic) bond motifs is 2. The second-order valence-corrected chi connectivity index (χ2v) is 9.21. The number of carbonyl (C=O) groups excluding carboxylic acids is 1. The van der Waals surface area contributed by atoms with Gasteiger partial charge in [-0.15, -0.1) is 11.3 Å². The largest absolute Gasteiger partial charge is 0.371 e. The van der Waals surface area contributed by atoms with Crippen LogP contribution in [0.2, 0.25) is 0 Å². The van der Waals surface area contributed by atoms with Crippen LogP contribution in [0.5, 0.6) is 0 Å². The molecular formula is C25H27N3O2S. The van der Waals surface area contributed by atoms with E-state index in [-0.39, 0.29) is 12.0 Å². The summed E-state index contributed by atoms with van der Waals surface area (Å²) in [5.74, 6) is -0.376. The monoisotopic (exact) mass is 433 g/mol. The van der Waals surface area contributed by atoms with Crippen molar-refractivity contribution in [2.75, 3.05) is 19.7 Å². The molecule has 31 heavy (non-hydrogen) atoms. The standard InChI is InChI=1S/C25H27N3O2S/c1-3-19-18(16-8-4-6-10-20(16)27(19)2)14-28-12-13-30-21(15-28)23-17-9-5-7-11-22(17)31-24(23)25(26)29/h4-11,21H,3,12-15H2,1-2H3,(H2,26,29). The smallest absolute Gasteiger partial charge is 0.259 e. The molecule has 2 aromatic carbocycles. The lowest BCUT2D eigenvalue weighted by molar-refractivity contribution is -0.0322. The fraction of sp³-hybridized carbons (Fsp3) is 0.320. The van der Waals surface area contributed by atoms with Gasteiger partial charge in [0.1, 0.15) is 0 Å². The molecule has 0 saturated carbocycles. The molecular weight excluding hydrogens is 406 g/mol. The van der Waals surface area contributed by atoms with Crippen molar-refractivity contribution >= 4 is 38.2 Å². The molecule has 1 fully saturated rings. The Balaban J connectivity index is 1.49. The van der Waals surface area contributed by atoms with Crippen molar-refractivity contribution in [3.63, 3.8) is 0 Å². The van der Waals surface area contributed by atoms with Crippen molar-refractivity contribution < 1.29 is 9.53 Å². The van der Waals surface area contributed by atoms with E-state index in [4.69, 9.17) is 10.5 Å². The molecule has 6 heteroatoms. The Labute approximate surface area is 186 Å². The van der Waals surface area contributed by atoms with Gasteiger partial charge in [-0.1, -0.05) is 43.3 Å². The van der Waals surface area contributed by atoms with E-state index < -0.39 is 0 Å². The molecule has 1 aliphatic rings. The van der Waals surface area contributed by atoms with Crippen LogP contribution in [0.15, 0.2) is 48.5 Å². The molecule has 3 heterocycles. The van der Waals surface area contributed by atoms with Gasteiger partial charge in [-0.25, -0.2) is 0 Å². The third-order valence-electron chi connectivity index (χ3n) is 6.39. The molecule has 1 atom stereocenters. The highest BCUT2D eigenvalue weighted by Crippen LogP contribution is 2.38. The number of nitrogens with two attached hydrogens (primary N) is 1. The predicted octanol–water partition coefficient (Wildman–Crippen LogP) is 4.63. The van der Waals surface area contributed by atoms with Crippen molar-refractivity contribution in [3.05, 3.63) is 70.2 Å². The lowest BCUT2D eigenvalue weighted by Crippen LogP contribution is -2.38. The Kier molecular flexibility index (Phi) is 5.30. The zero-order chi connectivity index (χ0) is 21.5. The van der Waals surface area contributed by atoms with E-state index in [1.807, 2.05) is 18.2 Å². The number of rotatable bonds is 5. The minimum absolute atomic E-state index is 0.160. The van der Waals surface area contributed by atoms with Crippen LogP contribution in [0.1, 0.15) is 39.5 Å². The average molecular weight is 434 g/mol. The number of aromatic nitrogens is 1. The van der Waals surface area contributed by atoms with Gasteiger partial charge in [0.05, 0.1) is 17.6 Å². The van der Waals surface area contributed by atoms with Gasteiger partial charge in [-0.05, 0) is 29.5 Å². The first kappa shape index (κ1) is 20.2. The first-order valence-electron chi connectivity index (χ1n) is 10.8. The Hall–Kier alpha value is -2.67. The fourth-order valence-corrected chi connectivity index (χ4v) is 6.07. The highest BCUT2D eigenvalue weighted by Gasteiger charge is 2.30. The summed E-state index contributed by atoms with van der Waals surface area (Å²) in [5.41, 5.74) is 10.7. The molecule has 0 aliphatic carbocycles. The molecule has 1 amide bonds. The van der Waals surface area contributed by atoms with E-state index in [0.717, 1.165) is 41.7 Å². The number of ether oxygens (including phenoxy) is 1. The molecule has 1 aliphatic heterocycles. The van der Waals surface area contributed by atoms with Gasteiger partial charge in [0.2, 0.25) is 0 Å². The molecule has 0 radical (unpaired) electrons. The van der Waals surface area contributed by atoms with Crippen LogP contribution in [-0.4, -0.2) is 35.1 Å². The van der Waals surface area contributed by atoms with E-state index in [1.165, 1.54) is 33.5 Å². The Bertz CT molecular complexity index is 1270. The quantitative estimate of drug-likeness (QED) is 0.499. The Morgan fingerprint density at radius 1 is 1.16 bits per heavy atom. The maximum absolute atomic E-state index is 12.2. The number of thiophene rings is 1. The van der Waals surface area contributed by atoms with Crippen molar-refractivity contribution in [1.82, 2.24) is 9.47 Å². The lowest BCUT2D eigenvalue weighted by Gasteiger charge is -2.33. The highest BCUT2D eigenvalue weighted by molar-refractivity contribution is 7.21. The van der Waals surface area contributed by atoms with Gasteiger partial charge >= 0.3 is 0 Å². The van der Waals surface area contributed by atoms with Gasteiger partial charge in [0.15, 0.2) is 0 Å². The fourth-order valence-electron chi connectivity index (χ4n) is 4.96. The summed E-state index contributed by atoms with van der Waals surface area (Å²) in [4.78, 5) is 15.3. The van der Waals surface area contributed by atoms with Crippen LogP contribution in [0.3, 0.4) is 0 Å². The summed E-state index contributed by atoms with van der Waals surface area (Å²) >= 11 is 1.47. The minimum atomic E-state index is -0.376. The van der Waals surface area contributed by atoms with Crippen LogP contribution >= 0.6 is 11.3 Å². The van der Waals surface area contributed by atoms with Crippen molar-refractivity contribution in [2.24, 2.45) is 12.8 Å². The summed E-state index contributed by atoms with van der Waals surface area (Å²) < 4.78 is 9.59. The lowest BCUT2D eigenvalue weighted by atomic mass is 10.0. The number of hydrogen-bond donors (Lipinski definition) is 1. The van der Waals surface area contributed by atoms with Crippen molar-refractivity contribution in [2.45, 2.75) is 26.0 Å². The van der Waals surface area contributed by atoms with E-state index in [1.54, 1.807) is 0 Å². The predicted molar refractivity (Wildman–Crippen MR) is 127 cm³/mol. The third kappa shape index (κ3) is 3.45. The number of morpholine rings is 1. The Morgan fingerprint density at radius 2 is 1.90 bits per heavy atom. The molecule has 5 nitrogen and oxygen atoms in total. The minimum Gasteiger partial charge on any atom is -0.371 e. The number of primary amides is 1. The number of amides is 1. The average Bonchev–Trinajstić information content (AvgIpc) is 3.30. The molecule has 2 N–H and O–H groups in total. The van der Waals surface area contributed by atoms with Gasteiger partial charge in [0.25, 0.3) is 5.91 Å². The number of benzene rings is 2. The third-order valence-corrected chi connectivity index (χ3v) is 7.59. The van der Waals surface area contributed by atoms with E-state index in [2.05, 4.69) is 53.8 Å². The van der Waals surface area contributed by atoms with E-state index in [9.17, 15) is 4.79 Å². The van der Waals surface area contributed by atoms with Crippen LogP contribution in [0.25, 0.3) is 21.0 Å². The molecule has 0 spiro atoms. The molecule has 1 unspecified atom stereocenters. The summed E-state index contributed by atoms with van der Waals surface area (Å²) in [6.07, 6.45) is 0.836. The van der Waals surface area contributed by atoms with Gasteiger partial charge in [-0.3, -0.25) is 9.69 Å². The van der Waals surface area contributed by atoms with Gasteiger partial charge in [-0.2, -0.15) is 0 Å². The second kappa shape index (κ2) is 8.11. The normalized spacial score (nSPS) is 17.5. The number of nitrogens with zero attached hydrogens (tertiary/aromatic N) is 2. The summed E-state index contributed by atoms with van der Waals surface area (Å²) in [7, 11) is 2.16. The first-order chi connectivity index (χ1) is 15.1. The topological polar surface area (TPSA) is 60.5 Å². The molecule has 160 valence electrons.